The minimum Gasteiger partial charge on any atom is -0.410 e. The lowest BCUT2D eigenvalue weighted by molar-refractivity contribution is -0.123. The van der Waals surface area contributed by atoms with Crippen LogP contribution in [0.3, 0.4) is 0 Å². The Bertz CT molecular complexity index is 645. The SMILES string of the molecule is CC[C@H](C)C[C@H](C)C1C[C@H](OC)C([C@@H](C)CC(=O)C[C@H](C)[C@@H](/C=C/I)O[Si](C)(C)C(C)(C)C)O1. The van der Waals surface area contributed by atoms with E-state index >= 15 is 0 Å². The molecule has 1 aliphatic rings. The molecular formula is C28H53IO4Si. The molecule has 0 amide bonds. The van der Waals surface area contributed by atoms with Crippen LogP contribution in [0, 0.1) is 23.7 Å². The van der Waals surface area contributed by atoms with Gasteiger partial charge in [0.05, 0.1) is 24.4 Å². The standard InChI is InChI=1S/C28H53IO4Si/c1-12-19(2)15-20(3)25-18-26(31-9)27(32-25)22(5)17-23(30)16-21(4)24(13-14-29)33-34(10,11)28(6,7)8/h13-14,19-22,24-27H,12,15-18H2,1-11H3/b14-13+/t19-,20-,21-,22-,24+,25?,26-,27?/m0/s1. The van der Waals surface area contributed by atoms with Gasteiger partial charge in [-0.3, -0.25) is 4.79 Å². The fourth-order valence-electron chi connectivity index (χ4n) is 4.73. The van der Waals surface area contributed by atoms with Crippen molar-refractivity contribution >= 4 is 36.7 Å². The molecule has 1 fully saturated rings. The summed E-state index contributed by atoms with van der Waals surface area (Å²) in [5, 5.41) is 0.139. The number of hydrogen-bond acceptors (Lipinski definition) is 4. The summed E-state index contributed by atoms with van der Waals surface area (Å²) in [6.45, 7) is 22.5. The van der Waals surface area contributed by atoms with Crippen molar-refractivity contribution < 1.29 is 18.7 Å². The number of carbonyl (C=O) groups excluding carboxylic acids is 1. The van der Waals surface area contributed by atoms with Crippen LogP contribution >= 0.6 is 22.6 Å². The predicted molar refractivity (Wildman–Crippen MR) is 155 cm³/mol. The Kier molecular flexibility index (Phi) is 13.5. The molecule has 0 aromatic carbocycles. The zero-order chi connectivity index (χ0) is 26.3. The highest BCUT2D eigenvalue weighted by Crippen LogP contribution is 2.39. The van der Waals surface area contributed by atoms with Crippen LogP contribution in [-0.2, 0) is 18.7 Å². The molecule has 2 unspecified atom stereocenters. The van der Waals surface area contributed by atoms with Gasteiger partial charge in [0.25, 0.3) is 0 Å². The van der Waals surface area contributed by atoms with E-state index < -0.39 is 8.32 Å². The first-order chi connectivity index (χ1) is 15.7. The summed E-state index contributed by atoms with van der Waals surface area (Å²) in [5.74, 6) is 1.79. The van der Waals surface area contributed by atoms with Crippen LogP contribution in [0.2, 0.25) is 18.1 Å². The lowest BCUT2D eigenvalue weighted by atomic mass is 9.88. The number of ketones is 1. The van der Waals surface area contributed by atoms with Crippen LogP contribution in [0.25, 0.3) is 0 Å². The van der Waals surface area contributed by atoms with Gasteiger partial charge < -0.3 is 13.9 Å². The number of hydrogen-bond donors (Lipinski definition) is 0. The number of carbonyl (C=O) groups is 1. The molecule has 4 nitrogen and oxygen atoms in total. The maximum absolute atomic E-state index is 13.1. The number of ether oxygens (including phenoxy) is 2. The molecule has 34 heavy (non-hydrogen) atoms. The van der Waals surface area contributed by atoms with E-state index in [2.05, 4.69) is 97.2 Å². The van der Waals surface area contributed by atoms with E-state index in [0.29, 0.717) is 30.5 Å². The fraction of sp³-hybridized carbons (Fsp3) is 0.893. The van der Waals surface area contributed by atoms with Crippen molar-refractivity contribution in [3.63, 3.8) is 0 Å². The second-order valence-electron chi connectivity index (χ2n) is 12.4. The maximum Gasteiger partial charge on any atom is 0.192 e. The van der Waals surface area contributed by atoms with Gasteiger partial charge >= 0.3 is 0 Å². The highest BCUT2D eigenvalue weighted by molar-refractivity contribution is 14.1. The highest BCUT2D eigenvalue weighted by atomic mass is 127. The second kappa shape index (κ2) is 14.2. The third kappa shape index (κ3) is 9.60. The van der Waals surface area contributed by atoms with Crippen molar-refractivity contribution in [2.75, 3.05) is 7.11 Å². The number of halogens is 1. The van der Waals surface area contributed by atoms with Gasteiger partial charge in [-0.05, 0) is 52.3 Å². The third-order valence-corrected chi connectivity index (χ3v) is 13.2. The van der Waals surface area contributed by atoms with Crippen molar-refractivity contribution in [2.45, 2.75) is 130 Å². The van der Waals surface area contributed by atoms with Gasteiger partial charge in [0.15, 0.2) is 8.32 Å². The molecule has 8 atom stereocenters. The van der Waals surface area contributed by atoms with Crippen LogP contribution in [0.1, 0.15) is 87.5 Å². The molecular weight excluding hydrogens is 555 g/mol. The summed E-state index contributed by atoms with van der Waals surface area (Å²) < 4.78 is 21.0. The molecule has 1 aliphatic heterocycles. The highest BCUT2D eigenvalue weighted by Gasteiger charge is 2.42. The Balaban J connectivity index is 2.75. The molecule has 200 valence electrons. The van der Waals surface area contributed by atoms with E-state index in [9.17, 15) is 4.79 Å². The van der Waals surface area contributed by atoms with Crippen LogP contribution < -0.4 is 0 Å². The molecule has 0 spiro atoms. The summed E-state index contributed by atoms with van der Waals surface area (Å²) in [6, 6.07) is 0. The maximum atomic E-state index is 13.1. The van der Waals surface area contributed by atoms with Crippen molar-refractivity contribution in [3.05, 3.63) is 10.2 Å². The van der Waals surface area contributed by atoms with Crippen molar-refractivity contribution in [1.82, 2.24) is 0 Å². The second-order valence-corrected chi connectivity index (χ2v) is 17.9. The summed E-state index contributed by atoms with van der Waals surface area (Å²) in [4.78, 5) is 13.1. The molecule has 1 saturated heterocycles. The molecule has 6 heteroatoms. The lowest BCUT2D eigenvalue weighted by Crippen LogP contribution is -2.45. The van der Waals surface area contributed by atoms with Crippen LogP contribution in [-0.4, -0.2) is 45.6 Å². The molecule has 0 N–H and O–H groups in total. The third-order valence-electron chi connectivity index (χ3n) is 8.29. The minimum atomic E-state index is -1.92. The van der Waals surface area contributed by atoms with Crippen LogP contribution in [0.5, 0.6) is 0 Å². The van der Waals surface area contributed by atoms with Crippen molar-refractivity contribution in [1.29, 1.82) is 0 Å². The monoisotopic (exact) mass is 608 g/mol. The first-order valence-electron chi connectivity index (χ1n) is 13.3. The minimum absolute atomic E-state index is 0.0119. The largest absolute Gasteiger partial charge is 0.410 e. The Morgan fingerprint density at radius 2 is 1.76 bits per heavy atom. The van der Waals surface area contributed by atoms with E-state index in [1.165, 1.54) is 12.8 Å². The molecule has 0 radical (unpaired) electrons. The lowest BCUT2D eigenvalue weighted by Gasteiger charge is -2.40. The molecule has 0 aliphatic carbocycles. The van der Waals surface area contributed by atoms with Crippen molar-refractivity contribution in [2.24, 2.45) is 23.7 Å². The van der Waals surface area contributed by atoms with Gasteiger partial charge in [-0.25, -0.2) is 0 Å². The molecule has 0 aromatic rings. The summed E-state index contributed by atoms with van der Waals surface area (Å²) >= 11 is 2.25. The van der Waals surface area contributed by atoms with E-state index in [4.69, 9.17) is 13.9 Å². The Morgan fingerprint density at radius 3 is 2.26 bits per heavy atom. The van der Waals surface area contributed by atoms with Gasteiger partial charge in [0.2, 0.25) is 0 Å². The molecule has 0 saturated carbocycles. The van der Waals surface area contributed by atoms with Gasteiger partial charge in [0, 0.05) is 26.4 Å². The average Bonchev–Trinajstić information content (AvgIpc) is 3.17. The quantitative estimate of drug-likeness (QED) is 0.147. The molecule has 0 bridgehead atoms. The Morgan fingerprint density at radius 1 is 1.15 bits per heavy atom. The molecule has 1 rings (SSSR count). The normalized spacial score (nSPS) is 26.4. The Hall–Kier alpha value is 0.237. The van der Waals surface area contributed by atoms with E-state index in [-0.39, 0.29) is 41.3 Å². The van der Waals surface area contributed by atoms with Gasteiger partial charge in [-0.1, -0.05) is 90.5 Å². The topological polar surface area (TPSA) is 44.8 Å². The smallest absolute Gasteiger partial charge is 0.192 e. The number of Topliss-reactive ketones (excluding diaryl/α,β-unsaturated/α-hetero) is 1. The van der Waals surface area contributed by atoms with Gasteiger partial charge in [0.1, 0.15) is 5.78 Å². The van der Waals surface area contributed by atoms with Crippen LogP contribution in [0.4, 0.5) is 0 Å². The molecule has 0 aromatic heterocycles. The fourth-order valence-corrected chi connectivity index (χ4v) is 6.48. The molecule has 1 heterocycles. The Labute approximate surface area is 225 Å². The number of rotatable bonds is 14. The summed E-state index contributed by atoms with van der Waals surface area (Å²) in [5.41, 5.74) is 0. The van der Waals surface area contributed by atoms with E-state index in [0.717, 1.165) is 6.42 Å². The van der Waals surface area contributed by atoms with E-state index in [1.807, 2.05) is 4.08 Å². The zero-order valence-corrected chi connectivity index (χ0v) is 27.0. The van der Waals surface area contributed by atoms with E-state index in [1.54, 1.807) is 7.11 Å². The average molecular weight is 609 g/mol. The summed E-state index contributed by atoms with van der Waals surface area (Å²) in [7, 11) is -0.146. The van der Waals surface area contributed by atoms with Crippen LogP contribution in [0.15, 0.2) is 10.2 Å². The van der Waals surface area contributed by atoms with Gasteiger partial charge in [-0.2, -0.15) is 0 Å². The first-order valence-corrected chi connectivity index (χ1v) is 17.5. The van der Waals surface area contributed by atoms with Crippen molar-refractivity contribution in [3.8, 4) is 0 Å². The predicted octanol–water partition coefficient (Wildman–Crippen LogP) is 8.19. The zero-order valence-electron chi connectivity index (χ0n) is 23.8. The number of methoxy groups -OCH3 is 1. The first kappa shape index (κ1) is 32.3. The summed E-state index contributed by atoms with van der Waals surface area (Å²) in [6.07, 6.45) is 6.73. The van der Waals surface area contributed by atoms with Gasteiger partial charge in [-0.15, -0.1) is 0 Å².